The summed E-state index contributed by atoms with van der Waals surface area (Å²) in [6.07, 6.45) is 1.43. The molecule has 0 aliphatic rings. The van der Waals surface area contributed by atoms with Gasteiger partial charge in [0.2, 0.25) is 10.0 Å². The van der Waals surface area contributed by atoms with Gasteiger partial charge in [-0.3, -0.25) is 10.1 Å². The first kappa shape index (κ1) is 19.9. The summed E-state index contributed by atoms with van der Waals surface area (Å²) in [6, 6.07) is 12.7. The second kappa shape index (κ2) is 8.77. The van der Waals surface area contributed by atoms with Gasteiger partial charge < -0.3 is 4.74 Å². The second-order valence-electron chi connectivity index (χ2n) is 6.07. The first-order valence-electron chi connectivity index (χ1n) is 8.27. The molecule has 0 aliphatic carbocycles. The fourth-order valence-electron chi connectivity index (χ4n) is 2.35. The molecule has 0 spiro atoms. The van der Waals surface area contributed by atoms with Crippen LogP contribution in [0.1, 0.15) is 25.8 Å². The Morgan fingerprint density at radius 2 is 1.85 bits per heavy atom. The van der Waals surface area contributed by atoms with Gasteiger partial charge in [0.25, 0.3) is 5.69 Å². The zero-order chi connectivity index (χ0) is 19.2. The van der Waals surface area contributed by atoms with Crippen LogP contribution in [0.4, 0.5) is 5.69 Å². The van der Waals surface area contributed by atoms with E-state index in [1.165, 1.54) is 18.2 Å². The van der Waals surface area contributed by atoms with E-state index in [9.17, 15) is 18.5 Å². The summed E-state index contributed by atoms with van der Waals surface area (Å²) in [6.45, 7) is 4.16. The highest BCUT2D eigenvalue weighted by molar-refractivity contribution is 7.89. The molecule has 1 N–H and O–H groups in total. The molecule has 2 rings (SSSR count). The van der Waals surface area contributed by atoms with E-state index in [1.807, 2.05) is 38.1 Å². The van der Waals surface area contributed by atoms with Crippen molar-refractivity contribution in [3.05, 3.63) is 64.2 Å². The minimum absolute atomic E-state index is 0.109. The number of rotatable bonds is 9. The fourth-order valence-corrected chi connectivity index (χ4v) is 3.47. The number of aryl methyl sites for hydroxylation is 1. The number of sulfonamides is 1. The fraction of sp³-hybridized carbons (Fsp3) is 0.333. The third-order valence-corrected chi connectivity index (χ3v) is 5.03. The van der Waals surface area contributed by atoms with Crippen LogP contribution in [0.25, 0.3) is 0 Å². The van der Waals surface area contributed by atoms with E-state index in [-0.39, 0.29) is 23.2 Å². The van der Waals surface area contributed by atoms with Gasteiger partial charge in [-0.05, 0) is 50.5 Å². The Labute approximate surface area is 153 Å². The lowest BCUT2D eigenvalue weighted by Crippen LogP contribution is -2.25. The number of non-ortho nitro benzene ring substituents is 1. The molecule has 0 bridgehead atoms. The normalized spacial score (nSPS) is 11.5. The van der Waals surface area contributed by atoms with Crippen molar-refractivity contribution in [2.45, 2.75) is 37.7 Å². The van der Waals surface area contributed by atoms with Gasteiger partial charge in [-0.1, -0.05) is 18.2 Å². The highest BCUT2D eigenvalue weighted by atomic mass is 32.2. The van der Waals surface area contributed by atoms with Crippen LogP contribution in [0.3, 0.4) is 0 Å². The predicted molar refractivity (Wildman–Crippen MR) is 98.8 cm³/mol. The maximum absolute atomic E-state index is 12.2. The monoisotopic (exact) mass is 378 g/mol. The first-order chi connectivity index (χ1) is 12.3. The lowest BCUT2D eigenvalue weighted by molar-refractivity contribution is -0.385. The molecule has 8 heteroatoms. The minimum Gasteiger partial charge on any atom is -0.491 e. The summed E-state index contributed by atoms with van der Waals surface area (Å²) in [5.74, 6) is 0.801. The van der Waals surface area contributed by atoms with Gasteiger partial charge >= 0.3 is 0 Å². The summed E-state index contributed by atoms with van der Waals surface area (Å²) < 4.78 is 32.5. The van der Waals surface area contributed by atoms with Gasteiger partial charge in [0.05, 0.1) is 15.9 Å². The van der Waals surface area contributed by atoms with Crippen LogP contribution in [0, 0.1) is 10.1 Å². The van der Waals surface area contributed by atoms with E-state index in [0.717, 1.165) is 17.4 Å². The number of benzene rings is 2. The zero-order valence-corrected chi connectivity index (χ0v) is 15.5. The van der Waals surface area contributed by atoms with Gasteiger partial charge in [0.15, 0.2) is 0 Å². The molecule has 140 valence electrons. The largest absolute Gasteiger partial charge is 0.491 e. The number of nitro groups is 1. The Kier molecular flexibility index (Phi) is 6.70. The number of hydrogen-bond acceptors (Lipinski definition) is 5. The number of nitrogens with zero attached hydrogens (tertiary/aromatic N) is 1. The van der Waals surface area contributed by atoms with Crippen LogP contribution in [0.15, 0.2) is 53.4 Å². The molecule has 0 aliphatic heterocycles. The molecule has 0 saturated heterocycles. The Balaban J connectivity index is 1.87. The molecule has 0 unspecified atom stereocenters. The van der Waals surface area contributed by atoms with Crippen molar-refractivity contribution in [3.8, 4) is 5.75 Å². The van der Waals surface area contributed by atoms with Crippen LogP contribution in [0.2, 0.25) is 0 Å². The van der Waals surface area contributed by atoms with Crippen molar-refractivity contribution in [1.82, 2.24) is 4.72 Å². The van der Waals surface area contributed by atoms with Crippen molar-refractivity contribution in [1.29, 1.82) is 0 Å². The Hall–Kier alpha value is -2.45. The van der Waals surface area contributed by atoms with Gasteiger partial charge in [0.1, 0.15) is 5.75 Å². The molecular weight excluding hydrogens is 356 g/mol. The molecule has 0 radical (unpaired) electrons. The maximum atomic E-state index is 12.2. The number of hydrogen-bond donors (Lipinski definition) is 1. The van der Waals surface area contributed by atoms with E-state index in [0.29, 0.717) is 12.8 Å². The molecule has 0 fully saturated rings. The maximum Gasteiger partial charge on any atom is 0.270 e. The van der Waals surface area contributed by atoms with E-state index in [1.54, 1.807) is 0 Å². The van der Waals surface area contributed by atoms with E-state index in [4.69, 9.17) is 4.74 Å². The molecule has 0 saturated carbocycles. The van der Waals surface area contributed by atoms with Crippen LogP contribution in [-0.4, -0.2) is 26.0 Å². The molecule has 0 aromatic heterocycles. The average Bonchev–Trinajstić information content (AvgIpc) is 2.60. The molecule has 2 aromatic carbocycles. The van der Waals surface area contributed by atoms with E-state index >= 15 is 0 Å². The van der Waals surface area contributed by atoms with Gasteiger partial charge in [-0.25, -0.2) is 13.1 Å². The smallest absolute Gasteiger partial charge is 0.270 e. The SMILES string of the molecule is CC(C)Oc1ccc(CCCNS(=O)(=O)c2cccc([N+](=O)[O-])c2)cc1. The average molecular weight is 378 g/mol. The first-order valence-corrected chi connectivity index (χ1v) is 9.76. The van der Waals surface area contributed by atoms with Crippen molar-refractivity contribution >= 4 is 15.7 Å². The quantitative estimate of drug-likeness (QED) is 0.410. The highest BCUT2D eigenvalue weighted by Gasteiger charge is 2.16. The Morgan fingerprint density at radius 3 is 2.46 bits per heavy atom. The van der Waals surface area contributed by atoms with Crippen LogP contribution < -0.4 is 9.46 Å². The molecule has 0 heterocycles. The topological polar surface area (TPSA) is 98.5 Å². The summed E-state index contributed by atoms with van der Waals surface area (Å²) >= 11 is 0. The summed E-state index contributed by atoms with van der Waals surface area (Å²) in [5.41, 5.74) is 0.826. The minimum atomic E-state index is -3.77. The van der Waals surface area contributed by atoms with Crippen molar-refractivity contribution < 1.29 is 18.1 Å². The predicted octanol–water partition coefficient (Wildman–Crippen LogP) is 3.29. The molecule has 0 atom stereocenters. The summed E-state index contributed by atoms with van der Waals surface area (Å²) in [7, 11) is -3.77. The standard InChI is InChI=1S/C18H22N2O5S/c1-14(2)25-17-10-8-15(9-11-17)5-4-12-19-26(23,24)18-7-3-6-16(13-18)20(21)22/h3,6-11,13-14,19H,4-5,12H2,1-2H3. The van der Waals surface area contributed by atoms with Crippen molar-refractivity contribution in [3.63, 3.8) is 0 Å². The number of nitro benzene ring substituents is 1. The number of nitrogens with one attached hydrogen (secondary N) is 1. The Bertz CT molecular complexity index is 848. The van der Waals surface area contributed by atoms with Crippen molar-refractivity contribution in [2.75, 3.05) is 6.54 Å². The van der Waals surface area contributed by atoms with Crippen LogP contribution in [0.5, 0.6) is 5.75 Å². The zero-order valence-electron chi connectivity index (χ0n) is 14.7. The molecule has 7 nitrogen and oxygen atoms in total. The lowest BCUT2D eigenvalue weighted by atomic mass is 10.1. The molecule has 2 aromatic rings. The lowest BCUT2D eigenvalue weighted by Gasteiger charge is -2.10. The second-order valence-corrected chi connectivity index (χ2v) is 7.83. The van der Waals surface area contributed by atoms with E-state index < -0.39 is 14.9 Å². The summed E-state index contributed by atoms with van der Waals surface area (Å²) in [4.78, 5) is 10.0. The molecule has 26 heavy (non-hydrogen) atoms. The highest BCUT2D eigenvalue weighted by Crippen LogP contribution is 2.17. The third kappa shape index (κ3) is 5.82. The van der Waals surface area contributed by atoms with Gasteiger partial charge in [0, 0.05) is 18.7 Å². The molecule has 0 amide bonds. The van der Waals surface area contributed by atoms with E-state index in [2.05, 4.69) is 4.72 Å². The van der Waals surface area contributed by atoms with Crippen LogP contribution in [-0.2, 0) is 16.4 Å². The third-order valence-electron chi connectivity index (χ3n) is 3.57. The summed E-state index contributed by atoms with van der Waals surface area (Å²) in [5, 5.41) is 10.8. The van der Waals surface area contributed by atoms with Crippen LogP contribution >= 0.6 is 0 Å². The Morgan fingerprint density at radius 1 is 1.15 bits per heavy atom. The van der Waals surface area contributed by atoms with Crippen molar-refractivity contribution in [2.24, 2.45) is 0 Å². The number of ether oxygens (including phenoxy) is 1. The van der Waals surface area contributed by atoms with Gasteiger partial charge in [-0.15, -0.1) is 0 Å². The molecular formula is C18H22N2O5S. The van der Waals surface area contributed by atoms with Gasteiger partial charge in [-0.2, -0.15) is 0 Å².